The highest BCUT2D eigenvalue weighted by Gasteiger charge is 2.18. The van der Waals surface area contributed by atoms with Crippen molar-refractivity contribution in [3.8, 4) is 0 Å². The molecule has 136 valence electrons. The Balaban J connectivity index is 1.93. The maximum absolute atomic E-state index is 13.4. The van der Waals surface area contributed by atoms with E-state index in [4.69, 9.17) is 0 Å². The van der Waals surface area contributed by atoms with Crippen LogP contribution in [0.1, 0.15) is 5.56 Å². The summed E-state index contributed by atoms with van der Waals surface area (Å²) in [6.45, 7) is -0.835. The molecule has 0 fully saturated rings. The van der Waals surface area contributed by atoms with Crippen LogP contribution in [0.5, 0.6) is 0 Å². The smallest absolute Gasteiger partial charge is 0.311 e. The van der Waals surface area contributed by atoms with Crippen molar-refractivity contribution in [2.75, 3.05) is 11.9 Å². The second kappa shape index (κ2) is 8.10. The first kappa shape index (κ1) is 18.9. The second-order valence-electron chi connectivity index (χ2n) is 4.99. The first-order chi connectivity index (χ1) is 12.3. The van der Waals surface area contributed by atoms with Crippen LogP contribution in [-0.2, 0) is 20.7 Å². The summed E-state index contributed by atoms with van der Waals surface area (Å²) in [5, 5.41) is 12.8. The van der Waals surface area contributed by atoms with Gasteiger partial charge in [0.1, 0.15) is 0 Å². The number of carbonyl (C=O) groups is 2. The van der Waals surface area contributed by atoms with Crippen LogP contribution in [0.25, 0.3) is 0 Å². The lowest BCUT2D eigenvalue weighted by Crippen LogP contribution is -2.22. The van der Waals surface area contributed by atoms with Crippen molar-refractivity contribution in [2.45, 2.75) is 6.42 Å². The molecule has 0 atom stereocenters. The lowest BCUT2D eigenvalue weighted by atomic mass is 10.1. The summed E-state index contributed by atoms with van der Waals surface area (Å²) in [6.07, 6.45) is -0.454. The van der Waals surface area contributed by atoms with Gasteiger partial charge in [-0.15, -0.1) is 0 Å². The first-order valence-electron chi connectivity index (χ1n) is 7.11. The van der Waals surface area contributed by atoms with Crippen LogP contribution in [-0.4, -0.2) is 23.4 Å². The number of nitrogens with one attached hydrogen (secondary N) is 1. The molecule has 2 rings (SSSR count). The Morgan fingerprint density at radius 1 is 1.08 bits per heavy atom. The number of nitro groups is 1. The van der Waals surface area contributed by atoms with E-state index in [1.165, 1.54) is 24.3 Å². The van der Waals surface area contributed by atoms with Gasteiger partial charge in [0.15, 0.2) is 24.1 Å². The number of amides is 1. The zero-order chi connectivity index (χ0) is 19.3. The highest BCUT2D eigenvalue weighted by molar-refractivity contribution is 5.93. The Bertz CT molecular complexity index is 873. The van der Waals surface area contributed by atoms with Crippen molar-refractivity contribution in [3.63, 3.8) is 0 Å². The van der Waals surface area contributed by atoms with Gasteiger partial charge >= 0.3 is 5.97 Å². The molecule has 0 saturated heterocycles. The summed E-state index contributed by atoms with van der Waals surface area (Å²) >= 11 is 0. The molecule has 7 nitrogen and oxygen atoms in total. The number of anilines is 1. The molecule has 26 heavy (non-hydrogen) atoms. The topological polar surface area (TPSA) is 98.5 Å². The van der Waals surface area contributed by atoms with Crippen LogP contribution in [0, 0.1) is 27.6 Å². The Hall–Kier alpha value is -3.43. The molecule has 0 bridgehead atoms. The molecule has 1 amide bonds. The molecule has 1 N–H and O–H groups in total. The minimum atomic E-state index is -1.75. The second-order valence-corrected chi connectivity index (χ2v) is 4.99. The molecule has 2 aromatic carbocycles. The molecule has 0 heterocycles. The molecular weight excluding hydrogens is 357 g/mol. The molecule has 0 unspecified atom stereocenters. The number of hydrogen-bond donors (Lipinski definition) is 1. The highest BCUT2D eigenvalue weighted by Crippen LogP contribution is 2.20. The van der Waals surface area contributed by atoms with Crippen LogP contribution >= 0.6 is 0 Å². The lowest BCUT2D eigenvalue weighted by Gasteiger charge is -2.08. The molecular formula is C16H11F3N2O5. The number of carbonyl (C=O) groups excluding carboxylic acids is 2. The molecule has 0 spiro atoms. The van der Waals surface area contributed by atoms with Crippen LogP contribution in [0.3, 0.4) is 0 Å². The van der Waals surface area contributed by atoms with Crippen LogP contribution in [0.2, 0.25) is 0 Å². The number of para-hydroxylation sites is 1. The van der Waals surface area contributed by atoms with Crippen molar-refractivity contribution in [2.24, 2.45) is 0 Å². The van der Waals surface area contributed by atoms with Gasteiger partial charge in [-0.2, -0.15) is 0 Å². The number of ether oxygens (including phenoxy) is 1. The normalized spacial score (nSPS) is 10.3. The van der Waals surface area contributed by atoms with Gasteiger partial charge in [-0.25, -0.2) is 13.2 Å². The number of esters is 1. The molecule has 0 aliphatic heterocycles. The van der Waals surface area contributed by atoms with E-state index in [0.29, 0.717) is 6.07 Å². The third-order valence-electron chi connectivity index (χ3n) is 3.20. The standard InChI is InChI=1S/C16H11F3N2O5/c17-10-5-6-11(16(19)15(10)18)20-13(22)8-26-14(23)7-9-3-1-2-4-12(9)21(24)25/h1-6H,7-8H2,(H,20,22). The quantitative estimate of drug-likeness (QED) is 0.366. The number of benzene rings is 2. The summed E-state index contributed by atoms with van der Waals surface area (Å²) in [4.78, 5) is 33.5. The summed E-state index contributed by atoms with van der Waals surface area (Å²) in [6, 6.07) is 6.91. The summed E-state index contributed by atoms with van der Waals surface area (Å²) in [5.74, 6) is -6.69. The maximum Gasteiger partial charge on any atom is 0.311 e. The summed E-state index contributed by atoms with van der Waals surface area (Å²) < 4.78 is 43.9. The zero-order valence-electron chi connectivity index (χ0n) is 13.0. The van der Waals surface area contributed by atoms with E-state index in [2.05, 4.69) is 4.74 Å². The van der Waals surface area contributed by atoms with Gasteiger partial charge in [0.2, 0.25) is 0 Å². The van der Waals surface area contributed by atoms with E-state index in [1.807, 2.05) is 5.32 Å². The highest BCUT2D eigenvalue weighted by atomic mass is 19.2. The van der Waals surface area contributed by atoms with Gasteiger partial charge in [-0.1, -0.05) is 18.2 Å². The molecule has 0 aliphatic rings. The van der Waals surface area contributed by atoms with Crippen molar-refractivity contribution in [1.29, 1.82) is 0 Å². The largest absolute Gasteiger partial charge is 0.455 e. The molecule has 10 heteroatoms. The predicted molar refractivity (Wildman–Crippen MR) is 82.7 cm³/mol. The maximum atomic E-state index is 13.4. The van der Waals surface area contributed by atoms with Crippen LogP contribution < -0.4 is 5.32 Å². The lowest BCUT2D eigenvalue weighted by molar-refractivity contribution is -0.385. The van der Waals surface area contributed by atoms with E-state index in [1.54, 1.807) is 0 Å². The first-order valence-corrected chi connectivity index (χ1v) is 7.11. The van der Waals surface area contributed by atoms with E-state index in [-0.39, 0.29) is 11.3 Å². The van der Waals surface area contributed by atoms with E-state index >= 15 is 0 Å². The average molecular weight is 368 g/mol. The van der Waals surface area contributed by atoms with E-state index in [0.717, 1.165) is 6.07 Å². The van der Waals surface area contributed by atoms with Crippen molar-refractivity contribution in [3.05, 3.63) is 69.5 Å². The van der Waals surface area contributed by atoms with Crippen LogP contribution in [0.4, 0.5) is 24.5 Å². The Labute approximate surface area is 144 Å². The fourth-order valence-corrected chi connectivity index (χ4v) is 2.00. The zero-order valence-corrected chi connectivity index (χ0v) is 13.0. The average Bonchev–Trinajstić information content (AvgIpc) is 2.61. The predicted octanol–water partition coefficient (Wildman–Crippen LogP) is 2.74. The fraction of sp³-hybridized carbons (Fsp3) is 0.125. The summed E-state index contributed by atoms with van der Waals surface area (Å²) in [7, 11) is 0. The Morgan fingerprint density at radius 3 is 2.46 bits per heavy atom. The molecule has 0 aliphatic carbocycles. The third-order valence-corrected chi connectivity index (χ3v) is 3.20. The minimum absolute atomic E-state index is 0.0922. The van der Waals surface area contributed by atoms with Gasteiger partial charge < -0.3 is 10.1 Å². The van der Waals surface area contributed by atoms with E-state index in [9.17, 15) is 32.9 Å². The van der Waals surface area contributed by atoms with Crippen LogP contribution in [0.15, 0.2) is 36.4 Å². The van der Waals surface area contributed by atoms with Crippen molar-refractivity contribution < 1.29 is 32.4 Å². The molecule has 2 aromatic rings. The SMILES string of the molecule is O=C(COC(=O)Cc1ccccc1[N+](=O)[O-])Nc1ccc(F)c(F)c1F. The monoisotopic (exact) mass is 368 g/mol. The fourth-order valence-electron chi connectivity index (χ4n) is 2.00. The molecule has 0 aromatic heterocycles. The van der Waals surface area contributed by atoms with Crippen molar-refractivity contribution >= 4 is 23.3 Å². The summed E-state index contributed by atoms with van der Waals surface area (Å²) in [5.41, 5.74) is -0.809. The van der Waals surface area contributed by atoms with Crippen molar-refractivity contribution in [1.82, 2.24) is 0 Å². The number of hydrogen-bond acceptors (Lipinski definition) is 5. The van der Waals surface area contributed by atoms with Gasteiger partial charge in [0, 0.05) is 11.6 Å². The van der Waals surface area contributed by atoms with Gasteiger partial charge in [-0.05, 0) is 12.1 Å². The Morgan fingerprint density at radius 2 is 1.77 bits per heavy atom. The molecule has 0 saturated carbocycles. The third kappa shape index (κ3) is 4.56. The number of halogens is 3. The van der Waals surface area contributed by atoms with Gasteiger partial charge in [0.25, 0.3) is 11.6 Å². The van der Waals surface area contributed by atoms with E-state index < -0.39 is 53.0 Å². The number of nitrogens with zero attached hydrogens (tertiary/aromatic N) is 1. The van der Waals surface area contributed by atoms with Gasteiger partial charge in [-0.3, -0.25) is 19.7 Å². The minimum Gasteiger partial charge on any atom is -0.455 e. The molecule has 0 radical (unpaired) electrons. The van der Waals surface area contributed by atoms with Gasteiger partial charge in [0.05, 0.1) is 17.0 Å². The Kier molecular flexibility index (Phi) is 5.89. The number of nitro benzene ring substituents is 1. The number of rotatable bonds is 6.